The van der Waals surface area contributed by atoms with Crippen LogP contribution in [-0.4, -0.2) is 20.5 Å². The minimum Gasteiger partial charge on any atom is -0.269 e. The number of fused-ring (bicyclic) bond motifs is 1. The Hall–Kier alpha value is -1.29. The van der Waals surface area contributed by atoms with Crippen molar-refractivity contribution in [2.24, 2.45) is 0 Å². The zero-order chi connectivity index (χ0) is 11.7. The number of pyridine rings is 1. The first-order chi connectivity index (χ1) is 8.40. The number of hydrogen-bond acceptors (Lipinski definition) is 3. The van der Waals surface area contributed by atoms with Gasteiger partial charge in [0.1, 0.15) is 0 Å². The lowest BCUT2D eigenvalue weighted by Crippen LogP contribution is -2.08. The summed E-state index contributed by atoms with van der Waals surface area (Å²) in [5.41, 5.74) is 5.19. The van der Waals surface area contributed by atoms with E-state index in [0.717, 1.165) is 24.4 Å². The number of thioether (sulfide) groups is 1. The second-order valence-electron chi connectivity index (χ2n) is 4.13. The molecule has 2 aromatic rings. The normalized spacial score (nSPS) is 14.6. The van der Waals surface area contributed by atoms with Gasteiger partial charge in [0.25, 0.3) is 0 Å². The molecule has 88 valence electrons. The first-order valence-corrected chi connectivity index (χ1v) is 7.12. The molecule has 3 rings (SSSR count). The van der Waals surface area contributed by atoms with Crippen molar-refractivity contribution in [2.45, 2.75) is 25.6 Å². The summed E-state index contributed by atoms with van der Waals surface area (Å²) in [4.78, 5) is 4.07. The summed E-state index contributed by atoms with van der Waals surface area (Å²) < 4.78 is 2.16. The van der Waals surface area contributed by atoms with Crippen molar-refractivity contribution < 1.29 is 0 Å². The van der Waals surface area contributed by atoms with Crippen LogP contribution in [0.1, 0.15) is 18.2 Å². The molecule has 0 amide bonds. The zero-order valence-electron chi connectivity index (χ0n) is 9.89. The largest absolute Gasteiger partial charge is 0.269 e. The maximum Gasteiger partial charge on any atom is 0.0967 e. The number of aryl methyl sites for hydroxylation is 1. The van der Waals surface area contributed by atoms with Gasteiger partial charge in [0.2, 0.25) is 0 Å². The minimum atomic E-state index is 0.956. The standard InChI is InChI=1S/C13H15N3S/c1-2-16-12-5-8-17-9-11(12)13(15-16)10-3-6-14-7-4-10/h3-4,6-7H,2,5,8-9H2,1H3. The van der Waals surface area contributed by atoms with Gasteiger partial charge in [0.15, 0.2) is 0 Å². The predicted molar refractivity (Wildman–Crippen MR) is 71.0 cm³/mol. The maximum atomic E-state index is 4.76. The first kappa shape index (κ1) is 10.8. The van der Waals surface area contributed by atoms with Crippen LogP contribution in [0, 0.1) is 0 Å². The van der Waals surface area contributed by atoms with Crippen molar-refractivity contribution in [3.8, 4) is 11.3 Å². The van der Waals surface area contributed by atoms with Crippen LogP contribution in [0.5, 0.6) is 0 Å². The molecule has 17 heavy (non-hydrogen) atoms. The van der Waals surface area contributed by atoms with E-state index in [-0.39, 0.29) is 0 Å². The molecule has 0 saturated heterocycles. The van der Waals surface area contributed by atoms with Crippen molar-refractivity contribution in [3.05, 3.63) is 35.8 Å². The van der Waals surface area contributed by atoms with Crippen LogP contribution in [0.3, 0.4) is 0 Å². The Morgan fingerprint density at radius 2 is 2.18 bits per heavy atom. The fourth-order valence-electron chi connectivity index (χ4n) is 2.31. The van der Waals surface area contributed by atoms with E-state index in [1.807, 2.05) is 36.3 Å². The van der Waals surface area contributed by atoms with Crippen LogP contribution in [0.2, 0.25) is 0 Å². The van der Waals surface area contributed by atoms with E-state index in [0.29, 0.717) is 0 Å². The van der Waals surface area contributed by atoms with E-state index in [1.54, 1.807) is 0 Å². The van der Waals surface area contributed by atoms with Gasteiger partial charge in [-0.1, -0.05) is 0 Å². The second kappa shape index (κ2) is 4.53. The molecule has 0 radical (unpaired) electrons. The van der Waals surface area contributed by atoms with E-state index < -0.39 is 0 Å². The first-order valence-electron chi connectivity index (χ1n) is 5.97. The SMILES string of the molecule is CCn1nc(-c2ccncc2)c2c1CCSC2. The van der Waals surface area contributed by atoms with E-state index in [1.165, 1.54) is 22.6 Å². The minimum absolute atomic E-state index is 0.956. The Morgan fingerprint density at radius 1 is 1.35 bits per heavy atom. The Morgan fingerprint density at radius 3 is 2.94 bits per heavy atom. The highest BCUT2D eigenvalue weighted by molar-refractivity contribution is 7.98. The summed E-state index contributed by atoms with van der Waals surface area (Å²) in [7, 11) is 0. The molecule has 1 aliphatic rings. The second-order valence-corrected chi connectivity index (χ2v) is 5.23. The molecule has 0 bridgehead atoms. The molecule has 0 atom stereocenters. The van der Waals surface area contributed by atoms with Crippen LogP contribution >= 0.6 is 11.8 Å². The third-order valence-electron chi connectivity index (χ3n) is 3.15. The quantitative estimate of drug-likeness (QED) is 0.815. The van der Waals surface area contributed by atoms with Crippen molar-refractivity contribution >= 4 is 11.8 Å². The lowest BCUT2D eigenvalue weighted by molar-refractivity contribution is 0.626. The van der Waals surface area contributed by atoms with E-state index >= 15 is 0 Å². The molecule has 0 aromatic carbocycles. The molecule has 0 N–H and O–H groups in total. The number of aromatic nitrogens is 3. The van der Waals surface area contributed by atoms with Gasteiger partial charge >= 0.3 is 0 Å². The lowest BCUT2D eigenvalue weighted by atomic mass is 10.1. The van der Waals surface area contributed by atoms with Crippen LogP contribution in [0.4, 0.5) is 0 Å². The van der Waals surface area contributed by atoms with Crippen molar-refractivity contribution in [2.75, 3.05) is 5.75 Å². The van der Waals surface area contributed by atoms with E-state index in [9.17, 15) is 0 Å². The molecular weight excluding hydrogens is 230 g/mol. The summed E-state index contributed by atoms with van der Waals surface area (Å²) in [6.07, 6.45) is 4.82. The molecule has 0 spiro atoms. The van der Waals surface area contributed by atoms with Gasteiger partial charge in [-0.15, -0.1) is 0 Å². The summed E-state index contributed by atoms with van der Waals surface area (Å²) >= 11 is 2.00. The average Bonchev–Trinajstić information content (AvgIpc) is 2.78. The van der Waals surface area contributed by atoms with Crippen LogP contribution in [0.25, 0.3) is 11.3 Å². The van der Waals surface area contributed by atoms with Crippen molar-refractivity contribution in [3.63, 3.8) is 0 Å². The van der Waals surface area contributed by atoms with Gasteiger partial charge in [0, 0.05) is 41.5 Å². The highest BCUT2D eigenvalue weighted by Gasteiger charge is 2.21. The number of rotatable bonds is 2. The van der Waals surface area contributed by atoms with Gasteiger partial charge < -0.3 is 0 Å². The molecule has 3 heterocycles. The fourth-order valence-corrected chi connectivity index (χ4v) is 3.30. The van der Waals surface area contributed by atoms with Gasteiger partial charge in [-0.2, -0.15) is 16.9 Å². The highest BCUT2D eigenvalue weighted by atomic mass is 32.2. The molecule has 3 nitrogen and oxygen atoms in total. The topological polar surface area (TPSA) is 30.7 Å². The summed E-state index contributed by atoms with van der Waals surface area (Å²) in [6, 6.07) is 4.09. The maximum absolute atomic E-state index is 4.76. The highest BCUT2D eigenvalue weighted by Crippen LogP contribution is 2.32. The van der Waals surface area contributed by atoms with Gasteiger partial charge in [-0.05, 0) is 31.2 Å². The van der Waals surface area contributed by atoms with Gasteiger partial charge in [-0.3, -0.25) is 9.67 Å². The molecule has 4 heteroatoms. The number of nitrogens with zero attached hydrogens (tertiary/aromatic N) is 3. The van der Waals surface area contributed by atoms with Crippen LogP contribution < -0.4 is 0 Å². The van der Waals surface area contributed by atoms with Gasteiger partial charge in [-0.25, -0.2) is 0 Å². The molecular formula is C13H15N3S. The molecule has 0 aliphatic carbocycles. The van der Waals surface area contributed by atoms with Crippen LogP contribution in [0.15, 0.2) is 24.5 Å². The van der Waals surface area contributed by atoms with E-state index in [2.05, 4.69) is 16.6 Å². The lowest BCUT2D eigenvalue weighted by Gasteiger charge is -2.13. The summed E-state index contributed by atoms with van der Waals surface area (Å²) in [5.74, 6) is 2.31. The Kier molecular flexibility index (Phi) is 2.89. The van der Waals surface area contributed by atoms with E-state index in [4.69, 9.17) is 5.10 Å². The monoisotopic (exact) mass is 245 g/mol. The third-order valence-corrected chi connectivity index (χ3v) is 4.13. The number of hydrogen-bond donors (Lipinski definition) is 0. The Labute approximate surface area is 105 Å². The average molecular weight is 245 g/mol. The zero-order valence-corrected chi connectivity index (χ0v) is 10.7. The summed E-state index contributed by atoms with van der Waals surface area (Å²) in [5, 5.41) is 4.76. The smallest absolute Gasteiger partial charge is 0.0967 e. The Bertz CT molecular complexity index is 519. The Balaban J connectivity index is 2.14. The van der Waals surface area contributed by atoms with Crippen molar-refractivity contribution in [1.29, 1.82) is 0 Å². The van der Waals surface area contributed by atoms with Crippen LogP contribution in [-0.2, 0) is 18.7 Å². The molecule has 0 fully saturated rings. The fraction of sp³-hybridized carbons (Fsp3) is 0.385. The van der Waals surface area contributed by atoms with Crippen molar-refractivity contribution in [1.82, 2.24) is 14.8 Å². The molecule has 1 aliphatic heterocycles. The molecule has 2 aromatic heterocycles. The molecule has 0 saturated carbocycles. The van der Waals surface area contributed by atoms with Gasteiger partial charge in [0.05, 0.1) is 5.69 Å². The third kappa shape index (κ3) is 1.86. The predicted octanol–water partition coefficient (Wildman–Crippen LogP) is 2.75. The summed E-state index contributed by atoms with van der Waals surface area (Å²) in [6.45, 7) is 3.11. The molecule has 0 unspecified atom stereocenters.